The molecule has 0 radical (unpaired) electrons. The van der Waals surface area contributed by atoms with E-state index in [0.29, 0.717) is 5.82 Å². The molecular formula is C9H11N5S. The van der Waals surface area contributed by atoms with Gasteiger partial charge in [-0.25, -0.2) is 15.0 Å². The third kappa shape index (κ3) is 2.41. The zero-order valence-corrected chi connectivity index (χ0v) is 9.11. The van der Waals surface area contributed by atoms with E-state index in [4.69, 9.17) is 5.73 Å². The molecule has 0 aliphatic rings. The van der Waals surface area contributed by atoms with Gasteiger partial charge in [0.15, 0.2) is 0 Å². The largest absolute Gasteiger partial charge is 0.384 e. The fourth-order valence-electron chi connectivity index (χ4n) is 1.21. The summed E-state index contributed by atoms with van der Waals surface area (Å²) in [6.07, 6.45) is 1.46. The van der Waals surface area contributed by atoms with Gasteiger partial charge in [-0.3, -0.25) is 0 Å². The molecule has 15 heavy (non-hydrogen) atoms. The first-order valence-electron chi connectivity index (χ1n) is 4.41. The zero-order chi connectivity index (χ0) is 10.7. The molecule has 2 aromatic heterocycles. The molecule has 78 valence electrons. The molecule has 0 unspecified atom stereocenters. The maximum atomic E-state index is 5.58. The van der Waals surface area contributed by atoms with Crippen LogP contribution in [0, 0.1) is 0 Å². The van der Waals surface area contributed by atoms with Crippen molar-refractivity contribution in [1.29, 1.82) is 0 Å². The van der Waals surface area contributed by atoms with Gasteiger partial charge in [0.05, 0.1) is 17.7 Å². The van der Waals surface area contributed by atoms with E-state index in [-0.39, 0.29) is 0 Å². The molecule has 2 N–H and O–H groups in total. The van der Waals surface area contributed by atoms with Gasteiger partial charge in [-0.05, 0) is 0 Å². The summed E-state index contributed by atoms with van der Waals surface area (Å²) in [4.78, 5) is 14.2. The fraction of sp³-hybridized carbons (Fsp3) is 0.222. The Bertz CT molecular complexity index is 428. The Balaban J connectivity index is 2.11. The van der Waals surface area contributed by atoms with E-state index in [1.807, 2.05) is 22.8 Å². The molecule has 0 aliphatic heterocycles. The summed E-state index contributed by atoms with van der Waals surface area (Å²) < 4.78 is 0. The van der Waals surface area contributed by atoms with Crippen LogP contribution < -0.4 is 10.6 Å². The minimum atomic E-state index is 0.477. The van der Waals surface area contributed by atoms with Crippen molar-refractivity contribution in [3.8, 4) is 0 Å². The lowest BCUT2D eigenvalue weighted by atomic mass is 10.4. The number of nitrogens with two attached hydrogens (primary N) is 1. The van der Waals surface area contributed by atoms with Gasteiger partial charge in [0.25, 0.3) is 0 Å². The first-order valence-corrected chi connectivity index (χ1v) is 5.35. The van der Waals surface area contributed by atoms with Crippen LogP contribution in [0.4, 0.5) is 11.6 Å². The van der Waals surface area contributed by atoms with Crippen LogP contribution >= 0.6 is 11.3 Å². The van der Waals surface area contributed by atoms with Crippen molar-refractivity contribution in [2.75, 3.05) is 17.7 Å². The quantitative estimate of drug-likeness (QED) is 0.842. The smallest absolute Gasteiger partial charge is 0.134 e. The van der Waals surface area contributed by atoms with E-state index >= 15 is 0 Å². The average molecular weight is 221 g/mol. The number of hydrogen-bond donors (Lipinski definition) is 1. The Kier molecular flexibility index (Phi) is 2.77. The minimum Gasteiger partial charge on any atom is -0.384 e. The highest BCUT2D eigenvalue weighted by Gasteiger charge is 2.05. The summed E-state index contributed by atoms with van der Waals surface area (Å²) in [6, 6.07) is 1.74. The highest BCUT2D eigenvalue weighted by Crippen LogP contribution is 2.13. The summed E-state index contributed by atoms with van der Waals surface area (Å²) in [5.41, 5.74) is 8.42. The molecule has 6 heteroatoms. The van der Waals surface area contributed by atoms with Gasteiger partial charge < -0.3 is 10.6 Å². The highest BCUT2D eigenvalue weighted by atomic mass is 32.1. The molecule has 5 nitrogen and oxygen atoms in total. The van der Waals surface area contributed by atoms with Crippen LogP contribution in [0.1, 0.15) is 5.69 Å². The lowest BCUT2D eigenvalue weighted by molar-refractivity contribution is 0.869. The van der Waals surface area contributed by atoms with Crippen molar-refractivity contribution >= 4 is 23.0 Å². The van der Waals surface area contributed by atoms with Crippen LogP contribution in [-0.2, 0) is 6.54 Å². The number of hydrogen-bond acceptors (Lipinski definition) is 6. The maximum absolute atomic E-state index is 5.58. The van der Waals surface area contributed by atoms with E-state index < -0.39 is 0 Å². The van der Waals surface area contributed by atoms with Gasteiger partial charge in [-0.15, -0.1) is 11.3 Å². The summed E-state index contributed by atoms with van der Waals surface area (Å²) in [5, 5.41) is 2.01. The lowest BCUT2D eigenvalue weighted by Gasteiger charge is -2.16. The van der Waals surface area contributed by atoms with Crippen LogP contribution in [-0.4, -0.2) is 22.0 Å². The molecule has 0 aromatic carbocycles. The Morgan fingerprint density at radius 3 is 2.93 bits per heavy atom. The van der Waals surface area contributed by atoms with Gasteiger partial charge in [-0.1, -0.05) is 0 Å². The molecule has 2 aromatic rings. The maximum Gasteiger partial charge on any atom is 0.134 e. The van der Waals surface area contributed by atoms with E-state index in [0.717, 1.165) is 18.1 Å². The van der Waals surface area contributed by atoms with Crippen molar-refractivity contribution in [3.63, 3.8) is 0 Å². The van der Waals surface area contributed by atoms with E-state index in [1.54, 1.807) is 17.4 Å². The zero-order valence-electron chi connectivity index (χ0n) is 8.29. The van der Waals surface area contributed by atoms with Crippen LogP contribution in [0.15, 0.2) is 23.3 Å². The van der Waals surface area contributed by atoms with E-state index in [1.165, 1.54) is 6.33 Å². The third-order valence-electron chi connectivity index (χ3n) is 1.95. The predicted molar refractivity (Wildman–Crippen MR) is 60.7 cm³/mol. The Morgan fingerprint density at radius 1 is 1.40 bits per heavy atom. The van der Waals surface area contributed by atoms with E-state index in [9.17, 15) is 0 Å². The summed E-state index contributed by atoms with van der Waals surface area (Å²) in [5.74, 6) is 1.28. The number of rotatable bonds is 3. The standard InChI is InChI=1S/C9H11N5S/c1-14(3-7-4-15-6-13-7)9-2-8(10)11-5-12-9/h2,4-6H,3H2,1H3,(H2,10,11,12). The second kappa shape index (κ2) is 4.22. The minimum absolute atomic E-state index is 0.477. The normalized spacial score (nSPS) is 10.2. The molecule has 0 saturated heterocycles. The second-order valence-corrected chi connectivity index (χ2v) is 3.86. The summed E-state index contributed by atoms with van der Waals surface area (Å²) >= 11 is 1.58. The molecular weight excluding hydrogens is 210 g/mol. The molecule has 0 atom stereocenters. The number of nitrogens with zero attached hydrogens (tertiary/aromatic N) is 4. The number of thiazole rings is 1. The van der Waals surface area contributed by atoms with Crippen molar-refractivity contribution < 1.29 is 0 Å². The first-order chi connectivity index (χ1) is 7.25. The third-order valence-corrected chi connectivity index (χ3v) is 2.58. The molecule has 0 amide bonds. The summed E-state index contributed by atoms with van der Waals surface area (Å²) in [7, 11) is 1.95. The lowest BCUT2D eigenvalue weighted by Crippen LogP contribution is -2.18. The molecule has 0 fully saturated rings. The van der Waals surface area contributed by atoms with Gasteiger partial charge >= 0.3 is 0 Å². The highest BCUT2D eigenvalue weighted by molar-refractivity contribution is 7.07. The van der Waals surface area contributed by atoms with Crippen LogP contribution in [0.25, 0.3) is 0 Å². The van der Waals surface area contributed by atoms with Gasteiger partial charge in [-0.2, -0.15) is 0 Å². The van der Waals surface area contributed by atoms with Crippen LogP contribution in [0.3, 0.4) is 0 Å². The molecule has 2 heterocycles. The Hall–Kier alpha value is -1.69. The summed E-state index contributed by atoms with van der Waals surface area (Å²) in [6.45, 7) is 0.722. The molecule has 0 bridgehead atoms. The number of anilines is 2. The van der Waals surface area contributed by atoms with Crippen molar-refractivity contribution in [2.24, 2.45) is 0 Å². The molecule has 0 spiro atoms. The Morgan fingerprint density at radius 2 is 2.27 bits per heavy atom. The molecule has 0 saturated carbocycles. The fourth-order valence-corrected chi connectivity index (χ4v) is 1.76. The van der Waals surface area contributed by atoms with Gasteiger partial charge in [0.1, 0.15) is 18.0 Å². The monoisotopic (exact) mass is 221 g/mol. The second-order valence-electron chi connectivity index (χ2n) is 3.14. The van der Waals surface area contributed by atoms with Crippen LogP contribution in [0.5, 0.6) is 0 Å². The Labute approximate surface area is 91.6 Å². The molecule has 0 aliphatic carbocycles. The van der Waals surface area contributed by atoms with Crippen LogP contribution in [0.2, 0.25) is 0 Å². The first kappa shape index (κ1) is 9.85. The average Bonchev–Trinajstić information content (AvgIpc) is 2.70. The van der Waals surface area contributed by atoms with Crippen molar-refractivity contribution in [3.05, 3.63) is 29.0 Å². The van der Waals surface area contributed by atoms with Crippen molar-refractivity contribution in [1.82, 2.24) is 15.0 Å². The predicted octanol–water partition coefficient (Wildman–Crippen LogP) is 1.15. The van der Waals surface area contributed by atoms with Gasteiger partial charge in [0, 0.05) is 18.5 Å². The SMILES string of the molecule is CN(Cc1cscn1)c1cc(N)ncn1. The molecule has 2 rings (SSSR count). The van der Waals surface area contributed by atoms with Gasteiger partial charge in [0.2, 0.25) is 0 Å². The number of nitrogen functional groups attached to an aromatic ring is 1. The van der Waals surface area contributed by atoms with Crippen molar-refractivity contribution in [2.45, 2.75) is 6.54 Å². The number of aromatic nitrogens is 3. The topological polar surface area (TPSA) is 67.9 Å². The van der Waals surface area contributed by atoms with E-state index in [2.05, 4.69) is 15.0 Å².